The van der Waals surface area contributed by atoms with E-state index >= 15 is 0 Å². The standard InChI is InChI=1S/C17H19N5O2S/c1-23-14-4-6-19-17(21-14)20-11-2-3-13-12(8-11)15-10(5-7-24-13)9-25-16(18)22-15/h2-4,6,8,10,15H,5,7,9H2,1H3,(H2,18,22)(H,19,20,21). The number of hydrogen-bond donors (Lipinski definition) is 2. The van der Waals surface area contributed by atoms with Crippen molar-refractivity contribution in [2.24, 2.45) is 16.6 Å². The lowest BCUT2D eigenvalue weighted by Gasteiger charge is -2.26. The number of benzene rings is 1. The Kier molecular flexibility index (Phi) is 4.35. The highest BCUT2D eigenvalue weighted by atomic mass is 32.2. The maximum Gasteiger partial charge on any atom is 0.230 e. The predicted octanol–water partition coefficient (Wildman–Crippen LogP) is 2.73. The van der Waals surface area contributed by atoms with E-state index in [1.54, 1.807) is 31.1 Å². The molecule has 1 aromatic heterocycles. The predicted molar refractivity (Wildman–Crippen MR) is 98.7 cm³/mol. The number of nitrogens with zero attached hydrogens (tertiary/aromatic N) is 3. The molecule has 0 saturated carbocycles. The van der Waals surface area contributed by atoms with Gasteiger partial charge in [-0.15, -0.1) is 0 Å². The van der Waals surface area contributed by atoms with Gasteiger partial charge in [0.2, 0.25) is 11.8 Å². The van der Waals surface area contributed by atoms with Crippen molar-refractivity contribution in [1.82, 2.24) is 9.97 Å². The number of ether oxygens (including phenoxy) is 2. The van der Waals surface area contributed by atoms with Crippen LogP contribution < -0.4 is 20.5 Å². The van der Waals surface area contributed by atoms with E-state index in [-0.39, 0.29) is 6.04 Å². The minimum atomic E-state index is 0.0340. The molecule has 2 aromatic rings. The van der Waals surface area contributed by atoms with Gasteiger partial charge in [0.15, 0.2) is 5.17 Å². The number of thioether (sulfide) groups is 1. The summed E-state index contributed by atoms with van der Waals surface area (Å²) in [6.07, 6.45) is 2.63. The summed E-state index contributed by atoms with van der Waals surface area (Å²) < 4.78 is 11.1. The van der Waals surface area contributed by atoms with Gasteiger partial charge in [-0.3, -0.25) is 4.99 Å². The number of aromatic nitrogens is 2. The molecule has 4 rings (SSSR count). The third-order valence-corrected chi connectivity index (χ3v) is 5.32. The first-order valence-electron chi connectivity index (χ1n) is 8.10. The Labute approximate surface area is 150 Å². The molecule has 2 aliphatic heterocycles. The number of nitrogens with one attached hydrogen (secondary N) is 1. The molecule has 0 saturated heterocycles. The van der Waals surface area contributed by atoms with Crippen LogP contribution in [0.1, 0.15) is 18.0 Å². The first-order valence-corrected chi connectivity index (χ1v) is 9.08. The van der Waals surface area contributed by atoms with Crippen LogP contribution >= 0.6 is 11.8 Å². The Hall–Kier alpha value is -2.48. The summed E-state index contributed by atoms with van der Waals surface area (Å²) in [5.74, 6) is 3.26. The van der Waals surface area contributed by atoms with E-state index in [0.29, 0.717) is 29.5 Å². The molecular formula is C17H19N5O2S. The number of fused-ring (bicyclic) bond motifs is 3. The molecule has 130 valence electrons. The molecule has 2 atom stereocenters. The van der Waals surface area contributed by atoms with Crippen LogP contribution in [0.15, 0.2) is 35.5 Å². The van der Waals surface area contributed by atoms with Crippen molar-refractivity contribution in [2.45, 2.75) is 12.5 Å². The summed E-state index contributed by atoms with van der Waals surface area (Å²) >= 11 is 1.62. The van der Waals surface area contributed by atoms with Gasteiger partial charge < -0.3 is 20.5 Å². The van der Waals surface area contributed by atoms with Gasteiger partial charge in [-0.2, -0.15) is 4.98 Å². The van der Waals surface area contributed by atoms with Crippen LogP contribution in [-0.2, 0) is 0 Å². The fourth-order valence-electron chi connectivity index (χ4n) is 3.08. The smallest absolute Gasteiger partial charge is 0.230 e. The zero-order valence-electron chi connectivity index (χ0n) is 13.8. The summed E-state index contributed by atoms with van der Waals surface area (Å²) in [6.45, 7) is 0.704. The molecule has 0 radical (unpaired) electrons. The third-order valence-electron chi connectivity index (χ3n) is 4.33. The lowest BCUT2D eigenvalue weighted by molar-refractivity contribution is 0.296. The second-order valence-electron chi connectivity index (χ2n) is 5.92. The molecule has 0 fully saturated rings. The summed E-state index contributed by atoms with van der Waals surface area (Å²) in [5.41, 5.74) is 7.90. The summed E-state index contributed by atoms with van der Waals surface area (Å²) in [4.78, 5) is 13.2. The molecule has 25 heavy (non-hydrogen) atoms. The van der Waals surface area contributed by atoms with Crippen molar-refractivity contribution < 1.29 is 9.47 Å². The number of anilines is 2. The fraction of sp³-hybridized carbons (Fsp3) is 0.353. The Morgan fingerprint density at radius 2 is 2.28 bits per heavy atom. The second-order valence-corrected chi connectivity index (χ2v) is 6.96. The molecule has 3 heterocycles. The molecule has 0 bridgehead atoms. The maximum absolute atomic E-state index is 5.97. The average Bonchev–Trinajstić information content (AvgIpc) is 2.81. The van der Waals surface area contributed by atoms with Crippen molar-refractivity contribution >= 4 is 28.6 Å². The molecule has 8 heteroatoms. The van der Waals surface area contributed by atoms with E-state index in [9.17, 15) is 0 Å². The highest BCUT2D eigenvalue weighted by Crippen LogP contribution is 2.43. The molecule has 0 spiro atoms. The van der Waals surface area contributed by atoms with Crippen molar-refractivity contribution in [3.05, 3.63) is 36.0 Å². The lowest BCUT2D eigenvalue weighted by atomic mass is 9.92. The Morgan fingerprint density at radius 3 is 3.16 bits per heavy atom. The highest BCUT2D eigenvalue weighted by molar-refractivity contribution is 8.13. The number of aliphatic imine (C=N–C) groups is 1. The number of hydrogen-bond acceptors (Lipinski definition) is 8. The summed E-state index contributed by atoms with van der Waals surface area (Å²) in [5, 5.41) is 3.86. The van der Waals surface area contributed by atoms with Gasteiger partial charge in [-0.1, -0.05) is 11.8 Å². The van der Waals surface area contributed by atoms with Crippen LogP contribution in [0.3, 0.4) is 0 Å². The van der Waals surface area contributed by atoms with Crippen LogP contribution in [0, 0.1) is 5.92 Å². The Bertz CT molecular complexity index is 813. The van der Waals surface area contributed by atoms with E-state index in [4.69, 9.17) is 15.2 Å². The number of rotatable bonds is 3. The third kappa shape index (κ3) is 3.34. The number of methoxy groups -OCH3 is 1. The van der Waals surface area contributed by atoms with Crippen molar-refractivity contribution in [1.29, 1.82) is 0 Å². The molecule has 0 aliphatic carbocycles. The van der Waals surface area contributed by atoms with Gasteiger partial charge in [0.1, 0.15) is 5.75 Å². The fourth-order valence-corrected chi connectivity index (χ4v) is 4.00. The average molecular weight is 357 g/mol. The van der Waals surface area contributed by atoms with Crippen LogP contribution in [0.2, 0.25) is 0 Å². The van der Waals surface area contributed by atoms with Crippen LogP contribution in [0.5, 0.6) is 11.6 Å². The normalized spacial score (nSPS) is 21.9. The first kappa shape index (κ1) is 16.0. The SMILES string of the molecule is COc1ccnc(Nc2ccc3c(c2)C2N=C(N)SCC2CCO3)n1. The minimum Gasteiger partial charge on any atom is -0.493 e. The van der Waals surface area contributed by atoms with Crippen molar-refractivity contribution in [3.63, 3.8) is 0 Å². The molecule has 7 nitrogen and oxygen atoms in total. The maximum atomic E-state index is 5.97. The molecule has 1 aromatic carbocycles. The van der Waals surface area contributed by atoms with Gasteiger partial charge in [-0.05, 0) is 30.5 Å². The van der Waals surface area contributed by atoms with Crippen LogP contribution in [0.25, 0.3) is 0 Å². The van der Waals surface area contributed by atoms with Gasteiger partial charge in [0, 0.05) is 29.3 Å². The quantitative estimate of drug-likeness (QED) is 0.872. The van der Waals surface area contributed by atoms with Crippen LogP contribution in [0.4, 0.5) is 11.6 Å². The zero-order chi connectivity index (χ0) is 17.2. The molecule has 3 N–H and O–H groups in total. The highest BCUT2D eigenvalue weighted by Gasteiger charge is 2.32. The Morgan fingerprint density at radius 1 is 1.36 bits per heavy atom. The van der Waals surface area contributed by atoms with E-state index in [2.05, 4.69) is 20.3 Å². The molecule has 2 unspecified atom stereocenters. The first-order chi connectivity index (χ1) is 12.2. The molecular weight excluding hydrogens is 338 g/mol. The topological polar surface area (TPSA) is 94.7 Å². The van der Waals surface area contributed by atoms with Gasteiger partial charge in [0.05, 0.1) is 19.8 Å². The van der Waals surface area contributed by atoms with Crippen molar-refractivity contribution in [2.75, 3.05) is 24.8 Å². The molecule has 0 amide bonds. The van der Waals surface area contributed by atoms with Gasteiger partial charge >= 0.3 is 0 Å². The Balaban J connectivity index is 1.67. The number of nitrogens with two attached hydrogens (primary N) is 1. The minimum absolute atomic E-state index is 0.0340. The molecule has 2 aliphatic rings. The van der Waals surface area contributed by atoms with Gasteiger partial charge in [0.25, 0.3) is 0 Å². The van der Waals surface area contributed by atoms with E-state index < -0.39 is 0 Å². The van der Waals surface area contributed by atoms with E-state index in [0.717, 1.165) is 29.2 Å². The zero-order valence-corrected chi connectivity index (χ0v) is 14.6. The summed E-state index contributed by atoms with van der Waals surface area (Å²) in [7, 11) is 1.58. The largest absolute Gasteiger partial charge is 0.493 e. The number of amidine groups is 1. The second kappa shape index (κ2) is 6.79. The van der Waals surface area contributed by atoms with E-state index in [1.165, 1.54) is 0 Å². The lowest BCUT2D eigenvalue weighted by Crippen LogP contribution is -2.24. The monoisotopic (exact) mass is 357 g/mol. The van der Waals surface area contributed by atoms with Crippen molar-refractivity contribution in [3.8, 4) is 11.6 Å². The van der Waals surface area contributed by atoms with E-state index in [1.807, 2.05) is 18.2 Å². The van der Waals surface area contributed by atoms with Crippen LogP contribution in [-0.4, -0.2) is 34.6 Å². The summed E-state index contributed by atoms with van der Waals surface area (Å²) in [6, 6.07) is 7.71. The van der Waals surface area contributed by atoms with Gasteiger partial charge in [-0.25, -0.2) is 4.98 Å².